The van der Waals surface area contributed by atoms with E-state index >= 15 is 0 Å². The summed E-state index contributed by atoms with van der Waals surface area (Å²) in [6.45, 7) is 0. The Hall–Kier alpha value is -3.00. The van der Waals surface area contributed by atoms with Gasteiger partial charge in [0.25, 0.3) is 0 Å². The lowest BCUT2D eigenvalue weighted by Crippen LogP contribution is -1.95. The number of rotatable bonds is 2. The molecular weight excluding hydrogens is 268 g/mol. The molecule has 0 bridgehead atoms. The predicted octanol–water partition coefficient (Wildman–Crippen LogP) is 4.76. The minimum absolute atomic E-state index is 0.866. The van der Waals surface area contributed by atoms with Crippen LogP contribution in [-0.2, 0) is 0 Å². The van der Waals surface area contributed by atoms with Crippen molar-refractivity contribution in [2.75, 3.05) is 0 Å². The maximum Gasteiger partial charge on any atom is 0.0979 e. The van der Waals surface area contributed by atoms with E-state index in [9.17, 15) is 0 Å². The molecule has 0 saturated carbocycles. The Morgan fingerprint density at radius 1 is 0.591 bits per heavy atom. The molecule has 4 rings (SSSR count). The summed E-state index contributed by atoms with van der Waals surface area (Å²) in [6, 6.07) is 29.3. The standard InChI is InChI=1S/C20H13N2/c1-3-9-15(10-4-1)19-20(16-11-5-2-6-12-16)22-18-14-8-7-13-17(18)21-19/h1-11,13-14H. The van der Waals surface area contributed by atoms with Gasteiger partial charge in [0.05, 0.1) is 22.4 Å². The highest BCUT2D eigenvalue weighted by Gasteiger charge is 2.12. The van der Waals surface area contributed by atoms with Crippen LogP contribution in [0.2, 0.25) is 0 Å². The maximum absolute atomic E-state index is 4.84. The van der Waals surface area contributed by atoms with E-state index < -0.39 is 0 Å². The van der Waals surface area contributed by atoms with E-state index in [0.717, 1.165) is 33.5 Å². The van der Waals surface area contributed by atoms with Crippen LogP contribution in [-0.4, -0.2) is 9.97 Å². The highest BCUT2D eigenvalue weighted by molar-refractivity contribution is 5.85. The molecule has 3 aromatic carbocycles. The van der Waals surface area contributed by atoms with Crippen molar-refractivity contribution in [1.29, 1.82) is 0 Å². The highest BCUT2D eigenvalue weighted by atomic mass is 14.8. The Bertz CT molecular complexity index is 838. The lowest BCUT2D eigenvalue weighted by molar-refractivity contribution is 1.29. The first-order valence-electron chi connectivity index (χ1n) is 7.21. The van der Waals surface area contributed by atoms with Crippen LogP contribution >= 0.6 is 0 Å². The largest absolute Gasteiger partial charge is 0.244 e. The molecule has 22 heavy (non-hydrogen) atoms. The summed E-state index contributed by atoms with van der Waals surface area (Å²) in [5.41, 5.74) is 5.58. The maximum atomic E-state index is 4.84. The van der Waals surface area contributed by atoms with Crippen LogP contribution in [0.4, 0.5) is 0 Å². The smallest absolute Gasteiger partial charge is 0.0979 e. The molecule has 1 radical (unpaired) electrons. The van der Waals surface area contributed by atoms with E-state index in [1.165, 1.54) is 0 Å². The lowest BCUT2D eigenvalue weighted by Gasteiger charge is -2.10. The van der Waals surface area contributed by atoms with Crippen molar-refractivity contribution in [3.8, 4) is 22.5 Å². The fraction of sp³-hybridized carbons (Fsp3) is 0. The van der Waals surface area contributed by atoms with Crippen LogP contribution < -0.4 is 0 Å². The topological polar surface area (TPSA) is 25.8 Å². The summed E-state index contributed by atoms with van der Waals surface area (Å²) in [7, 11) is 0. The molecule has 0 N–H and O–H groups in total. The molecule has 0 aliphatic heterocycles. The number of hydrogen-bond acceptors (Lipinski definition) is 2. The normalized spacial score (nSPS) is 10.7. The van der Waals surface area contributed by atoms with Gasteiger partial charge < -0.3 is 0 Å². The Kier molecular flexibility index (Phi) is 3.13. The second kappa shape index (κ2) is 5.41. The Labute approximate surface area is 129 Å². The summed E-state index contributed by atoms with van der Waals surface area (Å²) in [4.78, 5) is 9.67. The summed E-state index contributed by atoms with van der Waals surface area (Å²) in [6.07, 6.45) is 0. The first-order chi connectivity index (χ1) is 10.9. The summed E-state index contributed by atoms with van der Waals surface area (Å²) >= 11 is 0. The van der Waals surface area contributed by atoms with Gasteiger partial charge in [-0.05, 0) is 18.2 Å². The monoisotopic (exact) mass is 281 g/mol. The zero-order chi connectivity index (χ0) is 14.8. The average Bonchev–Trinajstić information content (AvgIpc) is 2.62. The van der Waals surface area contributed by atoms with Crippen LogP contribution in [0.15, 0.2) is 78.9 Å². The molecule has 2 nitrogen and oxygen atoms in total. The summed E-state index contributed by atoms with van der Waals surface area (Å²) < 4.78 is 0. The second-order valence-electron chi connectivity index (χ2n) is 5.05. The number of para-hydroxylation sites is 2. The Morgan fingerprint density at radius 2 is 1.23 bits per heavy atom. The van der Waals surface area contributed by atoms with Crippen LogP contribution in [0.3, 0.4) is 0 Å². The molecule has 4 aromatic rings. The van der Waals surface area contributed by atoms with E-state index in [1.807, 2.05) is 66.7 Å². The number of hydrogen-bond donors (Lipinski definition) is 0. The van der Waals surface area contributed by atoms with Crippen molar-refractivity contribution in [2.24, 2.45) is 0 Å². The van der Waals surface area contributed by atoms with Gasteiger partial charge >= 0.3 is 0 Å². The van der Waals surface area contributed by atoms with E-state index in [1.54, 1.807) is 0 Å². The zero-order valence-electron chi connectivity index (χ0n) is 11.9. The van der Waals surface area contributed by atoms with Crippen LogP contribution in [0.25, 0.3) is 33.5 Å². The van der Waals surface area contributed by atoms with Crippen LogP contribution in [0.1, 0.15) is 0 Å². The molecule has 1 heterocycles. The number of nitrogens with zero attached hydrogens (tertiary/aromatic N) is 2. The first-order valence-corrected chi connectivity index (χ1v) is 7.21. The van der Waals surface area contributed by atoms with Crippen molar-refractivity contribution in [2.45, 2.75) is 0 Å². The third kappa shape index (κ3) is 2.25. The molecule has 0 amide bonds. The minimum atomic E-state index is 0.866. The number of benzene rings is 3. The molecular formula is C20H13N2. The highest BCUT2D eigenvalue weighted by Crippen LogP contribution is 2.30. The molecule has 0 saturated heterocycles. The molecule has 0 spiro atoms. The van der Waals surface area contributed by atoms with Gasteiger partial charge in [-0.1, -0.05) is 66.7 Å². The van der Waals surface area contributed by atoms with Crippen molar-refractivity contribution >= 4 is 11.0 Å². The first kappa shape index (κ1) is 12.7. The third-order valence-corrected chi connectivity index (χ3v) is 3.58. The fourth-order valence-electron chi connectivity index (χ4n) is 2.53. The summed E-state index contributed by atoms with van der Waals surface area (Å²) in [5.74, 6) is 0. The average molecular weight is 281 g/mol. The molecule has 0 aliphatic carbocycles. The number of fused-ring (bicyclic) bond motifs is 1. The van der Waals surface area contributed by atoms with Gasteiger partial charge in [-0.15, -0.1) is 0 Å². The molecule has 2 heteroatoms. The van der Waals surface area contributed by atoms with Gasteiger partial charge in [-0.2, -0.15) is 0 Å². The molecule has 0 atom stereocenters. The van der Waals surface area contributed by atoms with Gasteiger partial charge in [0.15, 0.2) is 0 Å². The van der Waals surface area contributed by atoms with Crippen LogP contribution in [0, 0.1) is 6.07 Å². The summed E-state index contributed by atoms with van der Waals surface area (Å²) in [5, 5.41) is 0. The van der Waals surface area contributed by atoms with Crippen molar-refractivity contribution in [3.05, 3.63) is 84.9 Å². The van der Waals surface area contributed by atoms with E-state index in [-0.39, 0.29) is 0 Å². The van der Waals surface area contributed by atoms with E-state index in [2.05, 4.69) is 18.2 Å². The van der Waals surface area contributed by atoms with Gasteiger partial charge in [-0.25, -0.2) is 9.97 Å². The zero-order valence-corrected chi connectivity index (χ0v) is 11.9. The number of aromatic nitrogens is 2. The second-order valence-corrected chi connectivity index (χ2v) is 5.05. The SMILES string of the molecule is [c]1ccccc1-c1nc2ccccc2nc1-c1ccccc1. The van der Waals surface area contributed by atoms with Gasteiger partial charge in [0, 0.05) is 11.1 Å². The fourth-order valence-corrected chi connectivity index (χ4v) is 2.53. The minimum Gasteiger partial charge on any atom is -0.244 e. The lowest BCUT2D eigenvalue weighted by atomic mass is 10.0. The third-order valence-electron chi connectivity index (χ3n) is 3.58. The van der Waals surface area contributed by atoms with Crippen LogP contribution in [0.5, 0.6) is 0 Å². The van der Waals surface area contributed by atoms with Gasteiger partial charge in [0.1, 0.15) is 0 Å². The van der Waals surface area contributed by atoms with E-state index in [4.69, 9.17) is 9.97 Å². The Balaban J connectivity index is 2.04. The molecule has 0 unspecified atom stereocenters. The molecule has 1 aromatic heterocycles. The van der Waals surface area contributed by atoms with Crippen molar-refractivity contribution in [3.63, 3.8) is 0 Å². The molecule has 0 aliphatic rings. The Morgan fingerprint density at radius 3 is 1.91 bits per heavy atom. The quantitative estimate of drug-likeness (QED) is 0.529. The molecule has 103 valence electrons. The van der Waals surface area contributed by atoms with Crippen molar-refractivity contribution in [1.82, 2.24) is 9.97 Å². The predicted molar refractivity (Wildman–Crippen MR) is 89.2 cm³/mol. The van der Waals surface area contributed by atoms with Gasteiger partial charge in [0.2, 0.25) is 0 Å². The van der Waals surface area contributed by atoms with E-state index in [0.29, 0.717) is 0 Å². The van der Waals surface area contributed by atoms with Crippen molar-refractivity contribution < 1.29 is 0 Å². The molecule has 0 fully saturated rings. The van der Waals surface area contributed by atoms with Gasteiger partial charge in [-0.3, -0.25) is 0 Å².